The van der Waals surface area contributed by atoms with E-state index in [0.717, 1.165) is 12.1 Å². The summed E-state index contributed by atoms with van der Waals surface area (Å²) in [6.07, 6.45) is 0.299. The predicted molar refractivity (Wildman–Crippen MR) is 88.4 cm³/mol. The van der Waals surface area contributed by atoms with Gasteiger partial charge in [0.1, 0.15) is 0 Å². The molecule has 0 saturated carbocycles. The predicted octanol–water partition coefficient (Wildman–Crippen LogP) is 2.79. The Balaban J connectivity index is 2.30. The van der Waals surface area contributed by atoms with Crippen LogP contribution in [0.1, 0.15) is 61.8 Å². The summed E-state index contributed by atoms with van der Waals surface area (Å²) in [7, 11) is 0. The van der Waals surface area contributed by atoms with E-state index in [1.807, 2.05) is 27.7 Å². The summed E-state index contributed by atoms with van der Waals surface area (Å²) in [6.45, 7) is 9.99. The summed E-state index contributed by atoms with van der Waals surface area (Å²) in [6, 6.07) is 1.78. The molecule has 23 heavy (non-hydrogen) atoms. The zero-order valence-corrected chi connectivity index (χ0v) is 14.4. The topological polar surface area (TPSA) is 88.2 Å². The molecule has 0 bridgehead atoms. The number of amides is 1. The highest BCUT2D eigenvalue weighted by atomic mass is 16.5. The molecule has 126 valence electrons. The molecular formula is C17H25N3O3. The maximum Gasteiger partial charge on any atom is 0.259 e. The standard InChI is InChI=1S/C17H25N3O3/c1-6-10(4)14(21)8-18-16(22)12-7-13(9(2)3)19-17-15(12)11(5)20-23-17/h7,9-10,14,21H,6,8H2,1-5H3,(H,18,22). The number of pyridine rings is 1. The second-order valence-corrected chi connectivity index (χ2v) is 6.36. The van der Waals surface area contributed by atoms with Crippen LogP contribution in [0.3, 0.4) is 0 Å². The molecule has 0 aliphatic carbocycles. The number of fused-ring (bicyclic) bond motifs is 1. The number of hydrogen-bond acceptors (Lipinski definition) is 5. The number of nitrogens with one attached hydrogen (secondary N) is 1. The third-order valence-corrected chi connectivity index (χ3v) is 4.25. The number of carbonyl (C=O) groups is 1. The van der Waals surface area contributed by atoms with Crippen LogP contribution in [0.5, 0.6) is 0 Å². The molecule has 2 aromatic rings. The molecule has 2 rings (SSSR count). The Morgan fingerprint density at radius 1 is 1.39 bits per heavy atom. The molecular weight excluding hydrogens is 294 g/mol. The third-order valence-electron chi connectivity index (χ3n) is 4.25. The van der Waals surface area contributed by atoms with E-state index in [4.69, 9.17) is 4.52 Å². The smallest absolute Gasteiger partial charge is 0.259 e. The number of aliphatic hydroxyl groups excluding tert-OH is 1. The van der Waals surface area contributed by atoms with Crippen LogP contribution in [-0.2, 0) is 0 Å². The lowest BCUT2D eigenvalue weighted by Gasteiger charge is -2.18. The largest absolute Gasteiger partial charge is 0.391 e. The van der Waals surface area contributed by atoms with Crippen molar-refractivity contribution < 1.29 is 14.4 Å². The molecule has 2 atom stereocenters. The van der Waals surface area contributed by atoms with Crippen LogP contribution in [0.2, 0.25) is 0 Å². The van der Waals surface area contributed by atoms with Crippen LogP contribution >= 0.6 is 0 Å². The van der Waals surface area contributed by atoms with Gasteiger partial charge in [0.25, 0.3) is 11.6 Å². The van der Waals surface area contributed by atoms with Crippen molar-refractivity contribution in [3.63, 3.8) is 0 Å². The molecule has 0 aliphatic heterocycles. The lowest BCUT2D eigenvalue weighted by molar-refractivity contribution is 0.0851. The molecule has 2 aromatic heterocycles. The van der Waals surface area contributed by atoms with Gasteiger partial charge in [0.05, 0.1) is 22.7 Å². The van der Waals surface area contributed by atoms with E-state index in [2.05, 4.69) is 15.5 Å². The number of carbonyl (C=O) groups excluding carboxylic acids is 1. The van der Waals surface area contributed by atoms with E-state index in [1.54, 1.807) is 13.0 Å². The molecule has 0 aromatic carbocycles. The number of aromatic nitrogens is 2. The minimum Gasteiger partial charge on any atom is -0.391 e. The van der Waals surface area contributed by atoms with Crippen molar-refractivity contribution in [1.29, 1.82) is 0 Å². The molecule has 1 amide bonds. The second-order valence-electron chi connectivity index (χ2n) is 6.36. The van der Waals surface area contributed by atoms with Crippen LogP contribution in [0.15, 0.2) is 10.6 Å². The molecule has 2 heterocycles. The first-order chi connectivity index (χ1) is 10.8. The van der Waals surface area contributed by atoms with Gasteiger partial charge >= 0.3 is 0 Å². The highest BCUT2D eigenvalue weighted by Crippen LogP contribution is 2.25. The minimum absolute atomic E-state index is 0.135. The van der Waals surface area contributed by atoms with Crippen molar-refractivity contribution in [3.05, 3.63) is 23.0 Å². The quantitative estimate of drug-likeness (QED) is 0.854. The Morgan fingerprint density at radius 3 is 2.70 bits per heavy atom. The maximum absolute atomic E-state index is 12.6. The molecule has 0 aliphatic rings. The molecule has 0 radical (unpaired) electrons. The fourth-order valence-electron chi connectivity index (χ4n) is 2.35. The summed E-state index contributed by atoms with van der Waals surface area (Å²) in [4.78, 5) is 17.0. The van der Waals surface area contributed by atoms with E-state index in [-0.39, 0.29) is 24.3 Å². The van der Waals surface area contributed by atoms with E-state index < -0.39 is 6.10 Å². The lowest BCUT2D eigenvalue weighted by atomic mass is 10.0. The molecule has 6 nitrogen and oxygen atoms in total. The van der Waals surface area contributed by atoms with Gasteiger partial charge < -0.3 is 14.9 Å². The fourth-order valence-corrected chi connectivity index (χ4v) is 2.35. The summed E-state index contributed by atoms with van der Waals surface area (Å²) in [5.41, 5.74) is 2.28. The van der Waals surface area contributed by atoms with Gasteiger partial charge in [0.2, 0.25) is 0 Å². The molecule has 0 fully saturated rings. The molecule has 6 heteroatoms. The normalized spacial score (nSPS) is 14.2. The van der Waals surface area contributed by atoms with Crippen molar-refractivity contribution in [2.45, 2.75) is 53.1 Å². The molecule has 2 unspecified atom stereocenters. The van der Waals surface area contributed by atoms with Crippen molar-refractivity contribution >= 4 is 17.0 Å². The third kappa shape index (κ3) is 3.69. The summed E-state index contributed by atoms with van der Waals surface area (Å²) in [5.74, 6) is 0.0614. The van der Waals surface area contributed by atoms with Crippen LogP contribution < -0.4 is 5.32 Å². The molecule has 0 saturated heterocycles. The molecule has 2 N–H and O–H groups in total. The Bertz CT molecular complexity index is 694. The summed E-state index contributed by atoms with van der Waals surface area (Å²) >= 11 is 0. The molecule has 0 spiro atoms. The number of hydrogen-bond donors (Lipinski definition) is 2. The van der Waals surface area contributed by atoms with Gasteiger partial charge in [-0.15, -0.1) is 0 Å². The second kappa shape index (κ2) is 7.08. The Labute approximate surface area is 136 Å². The van der Waals surface area contributed by atoms with E-state index >= 15 is 0 Å². The first kappa shape index (κ1) is 17.4. The minimum atomic E-state index is -0.561. The Hall–Kier alpha value is -1.95. The van der Waals surface area contributed by atoms with Gasteiger partial charge in [0, 0.05) is 12.2 Å². The summed E-state index contributed by atoms with van der Waals surface area (Å²) < 4.78 is 5.22. The number of aliphatic hydroxyl groups is 1. The number of nitrogens with zero attached hydrogens (tertiary/aromatic N) is 2. The van der Waals surface area contributed by atoms with E-state index in [1.165, 1.54) is 0 Å². The Morgan fingerprint density at radius 2 is 2.09 bits per heavy atom. The van der Waals surface area contributed by atoms with E-state index in [9.17, 15) is 9.90 Å². The van der Waals surface area contributed by atoms with Gasteiger partial charge in [-0.1, -0.05) is 39.3 Å². The lowest BCUT2D eigenvalue weighted by Crippen LogP contribution is -2.35. The SMILES string of the molecule is CCC(C)C(O)CNC(=O)c1cc(C(C)C)nc2onc(C)c12. The van der Waals surface area contributed by atoms with Crippen LogP contribution in [0.25, 0.3) is 11.1 Å². The highest BCUT2D eigenvalue weighted by Gasteiger charge is 2.21. The first-order valence-electron chi connectivity index (χ1n) is 8.08. The zero-order valence-electron chi connectivity index (χ0n) is 14.4. The average molecular weight is 319 g/mol. The van der Waals surface area contributed by atoms with Crippen molar-refractivity contribution in [1.82, 2.24) is 15.5 Å². The Kier molecular flexibility index (Phi) is 5.36. The van der Waals surface area contributed by atoms with Crippen molar-refractivity contribution in [3.8, 4) is 0 Å². The van der Waals surface area contributed by atoms with Gasteiger partial charge in [0.15, 0.2) is 0 Å². The van der Waals surface area contributed by atoms with Crippen LogP contribution in [-0.4, -0.2) is 33.8 Å². The van der Waals surface area contributed by atoms with Crippen LogP contribution in [0.4, 0.5) is 0 Å². The fraction of sp³-hybridized carbons (Fsp3) is 0.588. The monoisotopic (exact) mass is 319 g/mol. The van der Waals surface area contributed by atoms with Gasteiger partial charge in [-0.05, 0) is 24.8 Å². The van der Waals surface area contributed by atoms with Crippen molar-refractivity contribution in [2.24, 2.45) is 5.92 Å². The van der Waals surface area contributed by atoms with Crippen LogP contribution in [0, 0.1) is 12.8 Å². The maximum atomic E-state index is 12.6. The number of aryl methyl sites for hydroxylation is 1. The summed E-state index contributed by atoms with van der Waals surface area (Å²) in [5, 5.41) is 17.4. The van der Waals surface area contributed by atoms with Gasteiger partial charge in [-0.2, -0.15) is 0 Å². The first-order valence-corrected chi connectivity index (χ1v) is 8.08. The zero-order chi connectivity index (χ0) is 17.1. The van der Waals surface area contributed by atoms with Gasteiger partial charge in [-0.25, -0.2) is 4.98 Å². The van der Waals surface area contributed by atoms with Crippen molar-refractivity contribution in [2.75, 3.05) is 6.54 Å². The highest BCUT2D eigenvalue weighted by molar-refractivity contribution is 6.06. The number of rotatable bonds is 6. The van der Waals surface area contributed by atoms with E-state index in [0.29, 0.717) is 22.4 Å². The average Bonchev–Trinajstić information content (AvgIpc) is 2.91. The van der Waals surface area contributed by atoms with Gasteiger partial charge in [-0.3, -0.25) is 4.79 Å².